The minimum atomic E-state index is -0.578. The predicted molar refractivity (Wildman–Crippen MR) is 105 cm³/mol. The van der Waals surface area contributed by atoms with Crippen LogP contribution in [0.3, 0.4) is 0 Å². The van der Waals surface area contributed by atoms with Crippen LogP contribution in [0.2, 0.25) is 10.0 Å². The number of nitro benzene ring substituents is 2. The van der Waals surface area contributed by atoms with Crippen LogP contribution < -0.4 is 10.6 Å². The van der Waals surface area contributed by atoms with Gasteiger partial charge in [-0.3, -0.25) is 20.2 Å². The zero-order valence-corrected chi connectivity index (χ0v) is 16.0. The average molecular weight is 433 g/mol. The summed E-state index contributed by atoms with van der Waals surface area (Å²) in [6.07, 6.45) is 0. The van der Waals surface area contributed by atoms with E-state index in [1.807, 2.05) is 0 Å². The molecule has 0 aliphatic carbocycles. The first-order valence-corrected chi connectivity index (χ1v) is 8.65. The Kier molecular flexibility index (Phi) is 9.96. The lowest BCUT2D eigenvalue weighted by atomic mass is 10.3. The van der Waals surface area contributed by atoms with Crippen LogP contribution in [-0.2, 0) is 0 Å². The van der Waals surface area contributed by atoms with Crippen LogP contribution in [-0.4, -0.2) is 46.2 Å². The van der Waals surface area contributed by atoms with Crippen LogP contribution in [0.15, 0.2) is 36.4 Å². The number of hydrogen-bond donors (Lipinski definition) is 4. The number of non-ortho nitro benzene ring substituents is 2. The number of nitrogens with zero attached hydrogens (tertiary/aromatic N) is 2. The van der Waals surface area contributed by atoms with E-state index in [4.69, 9.17) is 33.4 Å². The summed E-state index contributed by atoms with van der Waals surface area (Å²) in [5.41, 5.74) is -0.263. The summed E-state index contributed by atoms with van der Waals surface area (Å²) in [7, 11) is 0. The van der Waals surface area contributed by atoms with Gasteiger partial charge in [-0.05, 0) is 12.1 Å². The van der Waals surface area contributed by atoms with Gasteiger partial charge in [0.25, 0.3) is 11.4 Å². The molecule has 1 heterocycles. The Balaban J connectivity index is 0.000000219. The lowest BCUT2D eigenvalue weighted by Gasteiger charge is -2.11. The molecule has 0 amide bonds. The summed E-state index contributed by atoms with van der Waals surface area (Å²) >= 11 is 10.8. The highest BCUT2D eigenvalue weighted by atomic mass is 35.5. The van der Waals surface area contributed by atoms with Crippen molar-refractivity contribution in [3.63, 3.8) is 0 Å². The maximum absolute atomic E-state index is 10.1. The first-order chi connectivity index (χ1) is 13.2. The van der Waals surface area contributed by atoms with Crippen molar-refractivity contribution in [1.82, 2.24) is 10.6 Å². The number of aromatic hydroxyl groups is 2. The second-order valence-electron chi connectivity index (χ2n) is 5.29. The van der Waals surface area contributed by atoms with Crippen LogP contribution in [0.1, 0.15) is 0 Å². The van der Waals surface area contributed by atoms with Crippen molar-refractivity contribution in [3.8, 4) is 11.5 Å². The van der Waals surface area contributed by atoms with E-state index in [1.165, 1.54) is 24.3 Å². The summed E-state index contributed by atoms with van der Waals surface area (Å²) in [5, 5.41) is 44.4. The van der Waals surface area contributed by atoms with E-state index in [0.29, 0.717) is 0 Å². The topological polar surface area (TPSA) is 151 Å². The molecule has 2 aromatic rings. The maximum Gasteiger partial charge on any atom is 0.271 e. The van der Waals surface area contributed by atoms with Gasteiger partial charge in [-0.1, -0.05) is 23.2 Å². The zero-order chi connectivity index (χ0) is 21.1. The summed E-state index contributed by atoms with van der Waals surface area (Å²) in [6.45, 7) is 4.56. The number of phenols is 2. The molecule has 28 heavy (non-hydrogen) atoms. The van der Waals surface area contributed by atoms with E-state index in [1.54, 1.807) is 0 Å². The molecular weight excluding hydrogens is 415 g/mol. The van der Waals surface area contributed by atoms with Gasteiger partial charge in [0.05, 0.1) is 19.9 Å². The highest BCUT2D eigenvalue weighted by Gasteiger charge is 2.08. The maximum atomic E-state index is 10.1. The monoisotopic (exact) mass is 432 g/mol. The standard InChI is InChI=1S/2C6H4ClNO3.C4H10N2/c2*7-5-3-4(8(10)11)1-2-6(5)9;1-2-6-4-3-5-1/h2*1-3,9H;5-6H,1-4H2. The normalized spacial score (nSPS) is 12.6. The Labute approximate surface area is 170 Å². The van der Waals surface area contributed by atoms with Gasteiger partial charge >= 0.3 is 0 Å². The van der Waals surface area contributed by atoms with Gasteiger partial charge in [0.15, 0.2) is 0 Å². The van der Waals surface area contributed by atoms with Crippen LogP contribution in [0.4, 0.5) is 11.4 Å². The number of rotatable bonds is 2. The fourth-order valence-electron chi connectivity index (χ4n) is 1.82. The van der Waals surface area contributed by atoms with Crippen molar-refractivity contribution < 1.29 is 20.1 Å². The molecule has 0 spiro atoms. The Hall–Kier alpha value is -2.66. The summed E-state index contributed by atoms with van der Waals surface area (Å²) in [5.74, 6) is -0.311. The molecule has 1 aliphatic heterocycles. The summed E-state index contributed by atoms with van der Waals surface area (Å²) in [6, 6.07) is 6.91. The molecule has 0 bridgehead atoms. The third-order valence-electron chi connectivity index (χ3n) is 3.24. The minimum Gasteiger partial charge on any atom is -0.506 e. The molecule has 0 radical (unpaired) electrons. The minimum absolute atomic E-state index is 0.0146. The van der Waals surface area contributed by atoms with Crippen LogP contribution in [0.5, 0.6) is 11.5 Å². The van der Waals surface area contributed by atoms with Crippen LogP contribution in [0, 0.1) is 20.2 Å². The smallest absolute Gasteiger partial charge is 0.271 e. The summed E-state index contributed by atoms with van der Waals surface area (Å²) < 4.78 is 0. The zero-order valence-electron chi connectivity index (χ0n) is 14.5. The average Bonchev–Trinajstić information content (AvgIpc) is 2.68. The third kappa shape index (κ3) is 8.35. The molecule has 0 aromatic heterocycles. The number of halogens is 2. The molecule has 0 saturated carbocycles. The van der Waals surface area contributed by atoms with E-state index in [-0.39, 0.29) is 32.9 Å². The fraction of sp³-hybridized carbons (Fsp3) is 0.250. The van der Waals surface area contributed by atoms with E-state index in [2.05, 4.69) is 10.6 Å². The van der Waals surface area contributed by atoms with Crippen molar-refractivity contribution in [2.45, 2.75) is 0 Å². The van der Waals surface area contributed by atoms with E-state index >= 15 is 0 Å². The van der Waals surface area contributed by atoms with Crippen molar-refractivity contribution in [3.05, 3.63) is 66.7 Å². The van der Waals surface area contributed by atoms with E-state index in [0.717, 1.165) is 38.3 Å². The molecular formula is C16H18Cl2N4O6. The number of nitrogens with one attached hydrogen (secondary N) is 2. The third-order valence-corrected chi connectivity index (χ3v) is 3.85. The number of benzene rings is 2. The molecule has 0 unspecified atom stereocenters. The molecule has 4 N–H and O–H groups in total. The molecule has 0 atom stereocenters. The number of hydrogen-bond acceptors (Lipinski definition) is 8. The van der Waals surface area contributed by atoms with Gasteiger partial charge < -0.3 is 20.8 Å². The second-order valence-corrected chi connectivity index (χ2v) is 6.10. The van der Waals surface area contributed by atoms with Gasteiger partial charge in [0.2, 0.25) is 0 Å². The number of piperazine rings is 1. The number of nitro groups is 2. The van der Waals surface area contributed by atoms with Gasteiger partial charge in [-0.15, -0.1) is 0 Å². The summed E-state index contributed by atoms with van der Waals surface area (Å²) in [4.78, 5) is 19.1. The predicted octanol–water partition coefficient (Wildman–Crippen LogP) is 3.09. The van der Waals surface area contributed by atoms with E-state index < -0.39 is 9.85 Å². The van der Waals surface area contributed by atoms with Crippen LogP contribution >= 0.6 is 23.2 Å². The molecule has 1 fully saturated rings. The lowest BCUT2D eigenvalue weighted by molar-refractivity contribution is -0.385. The molecule has 2 aromatic carbocycles. The Morgan fingerprint density at radius 1 is 0.750 bits per heavy atom. The van der Waals surface area contributed by atoms with Crippen molar-refractivity contribution in [1.29, 1.82) is 0 Å². The van der Waals surface area contributed by atoms with Gasteiger partial charge in [-0.25, -0.2) is 0 Å². The molecule has 10 nitrogen and oxygen atoms in total. The van der Waals surface area contributed by atoms with Crippen LogP contribution in [0.25, 0.3) is 0 Å². The second kappa shape index (κ2) is 11.9. The van der Waals surface area contributed by atoms with Gasteiger partial charge in [-0.2, -0.15) is 0 Å². The highest BCUT2D eigenvalue weighted by Crippen LogP contribution is 2.27. The fourth-order valence-corrected chi connectivity index (χ4v) is 2.17. The van der Waals surface area contributed by atoms with Gasteiger partial charge in [0, 0.05) is 50.4 Å². The molecule has 1 aliphatic rings. The largest absolute Gasteiger partial charge is 0.506 e. The Morgan fingerprint density at radius 2 is 1.07 bits per heavy atom. The SMILES string of the molecule is C1CNCCN1.O=[N+]([O-])c1ccc(O)c(Cl)c1.O=[N+]([O-])c1ccc(O)c(Cl)c1. The first kappa shape index (κ1) is 23.4. The van der Waals surface area contributed by atoms with Crippen molar-refractivity contribution in [2.75, 3.05) is 26.2 Å². The first-order valence-electron chi connectivity index (χ1n) is 7.89. The highest BCUT2D eigenvalue weighted by molar-refractivity contribution is 6.32. The quantitative estimate of drug-likeness (QED) is 0.417. The Bertz CT molecular complexity index is 745. The van der Waals surface area contributed by atoms with Crippen molar-refractivity contribution >= 4 is 34.6 Å². The molecule has 3 rings (SSSR count). The molecule has 12 heteroatoms. The van der Waals surface area contributed by atoms with Crippen molar-refractivity contribution in [2.24, 2.45) is 0 Å². The molecule has 1 saturated heterocycles. The van der Waals surface area contributed by atoms with E-state index in [9.17, 15) is 20.2 Å². The lowest BCUT2D eigenvalue weighted by Crippen LogP contribution is -2.39. The number of phenolic OH excluding ortho intramolecular Hbond substituents is 2. The molecule has 152 valence electrons. The van der Waals surface area contributed by atoms with Gasteiger partial charge in [0.1, 0.15) is 11.5 Å². The Morgan fingerprint density at radius 3 is 1.29 bits per heavy atom.